The van der Waals surface area contributed by atoms with E-state index in [9.17, 15) is 4.79 Å². The Balaban J connectivity index is 2.08. The zero-order valence-electron chi connectivity index (χ0n) is 11.3. The number of carbonyl (C=O) groups is 1. The van der Waals surface area contributed by atoms with Crippen LogP contribution in [0.25, 0.3) is 11.1 Å². The van der Waals surface area contributed by atoms with Crippen molar-refractivity contribution in [3.05, 3.63) is 30.3 Å². The second kappa shape index (κ2) is 6.91. The molecule has 0 saturated carbocycles. The molecule has 1 aromatic carbocycles. The van der Waals surface area contributed by atoms with E-state index in [0.717, 1.165) is 22.5 Å². The molecule has 0 bridgehead atoms. The van der Waals surface area contributed by atoms with E-state index in [1.165, 1.54) is 11.5 Å². The van der Waals surface area contributed by atoms with Gasteiger partial charge in [-0.15, -0.1) is 0 Å². The molecular weight excluding hydrogens is 272 g/mol. The Hall–Kier alpha value is -2.08. The molecule has 0 aliphatic heterocycles. The molecule has 6 heteroatoms. The number of amides is 1. The van der Waals surface area contributed by atoms with E-state index in [1.54, 1.807) is 0 Å². The lowest BCUT2D eigenvalue weighted by atomic mass is 10.1. The van der Waals surface area contributed by atoms with E-state index in [1.807, 2.05) is 37.3 Å². The number of nitrogens with one attached hydrogen (secondary N) is 2. The molecule has 1 aromatic heterocycles. The van der Waals surface area contributed by atoms with Crippen LogP contribution in [-0.2, 0) is 4.79 Å². The number of carbonyl (C=O) groups excluding carboxylic acids is 1. The minimum absolute atomic E-state index is 0.0298. The summed E-state index contributed by atoms with van der Waals surface area (Å²) in [7, 11) is 0. The SMILES string of the molecule is CCCNC(=O)CNc1snc(N)c1-c1ccccc1. The zero-order chi connectivity index (χ0) is 14.4. The van der Waals surface area contributed by atoms with E-state index >= 15 is 0 Å². The summed E-state index contributed by atoms with van der Waals surface area (Å²) in [4.78, 5) is 11.6. The van der Waals surface area contributed by atoms with Crippen molar-refractivity contribution >= 4 is 28.3 Å². The second-order valence-electron chi connectivity index (χ2n) is 4.34. The maximum atomic E-state index is 11.6. The third kappa shape index (κ3) is 3.48. The van der Waals surface area contributed by atoms with E-state index in [-0.39, 0.29) is 12.5 Å². The molecule has 0 fully saturated rings. The third-order valence-corrected chi connectivity index (χ3v) is 3.58. The molecule has 2 aromatic rings. The fourth-order valence-corrected chi connectivity index (χ4v) is 2.53. The lowest BCUT2D eigenvalue weighted by Crippen LogP contribution is -2.30. The van der Waals surface area contributed by atoms with Gasteiger partial charge in [-0.25, -0.2) is 0 Å². The predicted molar refractivity (Wildman–Crippen MR) is 83.8 cm³/mol. The number of nitrogens with two attached hydrogens (primary N) is 1. The van der Waals surface area contributed by atoms with Gasteiger partial charge in [0.1, 0.15) is 10.8 Å². The molecular formula is C14H18N4OS. The molecule has 0 unspecified atom stereocenters. The number of nitrogens with zero attached hydrogens (tertiary/aromatic N) is 1. The molecule has 4 N–H and O–H groups in total. The summed E-state index contributed by atoms with van der Waals surface area (Å²) in [6, 6.07) is 9.80. The number of anilines is 2. The van der Waals surface area contributed by atoms with Crippen molar-refractivity contribution in [2.24, 2.45) is 0 Å². The fraction of sp³-hybridized carbons (Fsp3) is 0.286. The summed E-state index contributed by atoms with van der Waals surface area (Å²) >= 11 is 1.27. The Kier molecular flexibility index (Phi) is 4.95. The molecule has 0 atom stereocenters. The zero-order valence-corrected chi connectivity index (χ0v) is 12.2. The van der Waals surface area contributed by atoms with Crippen LogP contribution in [0.1, 0.15) is 13.3 Å². The van der Waals surface area contributed by atoms with Crippen LogP contribution in [0.15, 0.2) is 30.3 Å². The number of hydrogen-bond acceptors (Lipinski definition) is 5. The number of rotatable bonds is 6. The molecule has 2 rings (SSSR count). The first kappa shape index (κ1) is 14.3. The van der Waals surface area contributed by atoms with E-state index in [0.29, 0.717) is 12.4 Å². The van der Waals surface area contributed by atoms with Gasteiger partial charge in [-0.1, -0.05) is 37.3 Å². The molecule has 106 valence electrons. The summed E-state index contributed by atoms with van der Waals surface area (Å²) in [5.74, 6) is 0.454. The summed E-state index contributed by atoms with van der Waals surface area (Å²) < 4.78 is 4.16. The molecule has 1 amide bonds. The van der Waals surface area contributed by atoms with Crippen LogP contribution in [0.5, 0.6) is 0 Å². The van der Waals surface area contributed by atoms with Crippen molar-refractivity contribution in [3.63, 3.8) is 0 Å². The highest BCUT2D eigenvalue weighted by Crippen LogP contribution is 2.36. The molecule has 0 spiro atoms. The maximum absolute atomic E-state index is 11.6. The van der Waals surface area contributed by atoms with Gasteiger partial charge < -0.3 is 16.4 Å². The molecule has 5 nitrogen and oxygen atoms in total. The van der Waals surface area contributed by atoms with Gasteiger partial charge in [0.2, 0.25) is 5.91 Å². The van der Waals surface area contributed by atoms with Crippen molar-refractivity contribution in [1.82, 2.24) is 9.69 Å². The van der Waals surface area contributed by atoms with E-state index < -0.39 is 0 Å². The van der Waals surface area contributed by atoms with Crippen LogP contribution in [-0.4, -0.2) is 23.4 Å². The monoisotopic (exact) mass is 290 g/mol. The Morgan fingerprint density at radius 2 is 2.10 bits per heavy atom. The molecule has 1 heterocycles. The fourth-order valence-electron chi connectivity index (χ4n) is 1.79. The van der Waals surface area contributed by atoms with Crippen LogP contribution in [0.2, 0.25) is 0 Å². The number of nitrogen functional groups attached to an aromatic ring is 1. The molecule has 0 saturated heterocycles. The Morgan fingerprint density at radius 3 is 2.80 bits per heavy atom. The first-order valence-corrected chi connectivity index (χ1v) is 7.30. The first-order chi connectivity index (χ1) is 9.72. The summed E-state index contributed by atoms with van der Waals surface area (Å²) in [6.07, 6.45) is 0.925. The highest BCUT2D eigenvalue weighted by molar-refractivity contribution is 7.11. The van der Waals surface area contributed by atoms with Gasteiger partial charge in [0, 0.05) is 6.54 Å². The van der Waals surface area contributed by atoms with Crippen LogP contribution >= 0.6 is 11.5 Å². The molecule has 20 heavy (non-hydrogen) atoms. The summed E-state index contributed by atoms with van der Waals surface area (Å²) in [6.45, 7) is 2.93. The number of benzene rings is 1. The van der Waals surface area contributed by atoms with Crippen molar-refractivity contribution in [3.8, 4) is 11.1 Å². The van der Waals surface area contributed by atoms with E-state index in [4.69, 9.17) is 5.73 Å². The van der Waals surface area contributed by atoms with E-state index in [2.05, 4.69) is 15.0 Å². The quantitative estimate of drug-likeness (QED) is 0.763. The van der Waals surface area contributed by atoms with Crippen molar-refractivity contribution in [2.45, 2.75) is 13.3 Å². The van der Waals surface area contributed by atoms with Gasteiger partial charge in [-0.05, 0) is 23.5 Å². The third-order valence-electron chi connectivity index (χ3n) is 2.76. The lowest BCUT2D eigenvalue weighted by molar-refractivity contribution is -0.119. The van der Waals surface area contributed by atoms with Gasteiger partial charge >= 0.3 is 0 Å². The Labute approximate surface area is 122 Å². The second-order valence-corrected chi connectivity index (χ2v) is 5.11. The van der Waals surface area contributed by atoms with Crippen LogP contribution in [0, 0.1) is 0 Å². The van der Waals surface area contributed by atoms with Gasteiger partial charge in [0.05, 0.1) is 12.1 Å². The average Bonchev–Trinajstić information content (AvgIpc) is 2.84. The topological polar surface area (TPSA) is 80.0 Å². The minimum Gasteiger partial charge on any atom is -0.382 e. The number of aromatic nitrogens is 1. The van der Waals surface area contributed by atoms with Gasteiger partial charge in [0.15, 0.2) is 0 Å². The predicted octanol–water partition coefficient (Wildman–Crippen LogP) is 2.33. The van der Waals surface area contributed by atoms with Crippen molar-refractivity contribution in [2.75, 3.05) is 24.1 Å². The normalized spacial score (nSPS) is 10.2. The Bertz CT molecular complexity index is 568. The Morgan fingerprint density at radius 1 is 1.35 bits per heavy atom. The van der Waals surface area contributed by atoms with Gasteiger partial charge in [0.25, 0.3) is 0 Å². The highest BCUT2D eigenvalue weighted by Gasteiger charge is 2.13. The van der Waals surface area contributed by atoms with Gasteiger partial charge in [-0.3, -0.25) is 4.79 Å². The standard InChI is InChI=1S/C14H18N4OS/c1-2-8-16-11(19)9-17-14-12(13(15)18-20-14)10-6-4-3-5-7-10/h3-7,17H,2,8-9H2,1H3,(H2,15,18)(H,16,19). The lowest BCUT2D eigenvalue weighted by Gasteiger charge is -2.07. The summed E-state index contributed by atoms with van der Waals surface area (Å²) in [5, 5.41) is 6.75. The molecule has 0 radical (unpaired) electrons. The largest absolute Gasteiger partial charge is 0.382 e. The minimum atomic E-state index is -0.0298. The smallest absolute Gasteiger partial charge is 0.239 e. The first-order valence-electron chi connectivity index (χ1n) is 6.53. The molecule has 0 aliphatic carbocycles. The average molecular weight is 290 g/mol. The van der Waals surface area contributed by atoms with Crippen LogP contribution in [0.4, 0.5) is 10.8 Å². The van der Waals surface area contributed by atoms with Gasteiger partial charge in [-0.2, -0.15) is 4.37 Å². The van der Waals surface area contributed by atoms with Crippen molar-refractivity contribution < 1.29 is 4.79 Å². The van der Waals surface area contributed by atoms with Crippen molar-refractivity contribution in [1.29, 1.82) is 0 Å². The highest BCUT2D eigenvalue weighted by atomic mass is 32.1. The number of hydrogen-bond donors (Lipinski definition) is 3. The molecule has 0 aliphatic rings. The summed E-state index contributed by atoms with van der Waals surface area (Å²) in [5.41, 5.74) is 7.77. The van der Waals surface area contributed by atoms with Crippen LogP contribution < -0.4 is 16.4 Å². The van der Waals surface area contributed by atoms with Crippen LogP contribution in [0.3, 0.4) is 0 Å². The maximum Gasteiger partial charge on any atom is 0.239 e.